The van der Waals surface area contributed by atoms with E-state index in [4.69, 9.17) is 9.47 Å². The minimum atomic E-state index is -0.322. The van der Waals surface area contributed by atoms with Crippen LogP contribution in [0.4, 0.5) is 5.69 Å². The lowest BCUT2D eigenvalue weighted by Gasteiger charge is -2.17. The Hall–Kier alpha value is -2.73. The largest absolute Gasteiger partial charge is 0.493 e. The van der Waals surface area contributed by atoms with E-state index in [1.807, 2.05) is 45.9 Å². The van der Waals surface area contributed by atoms with Crippen LogP contribution in [0, 0.1) is 13.8 Å². The number of aryl methyl sites for hydroxylation is 2. The molecule has 2 amide bonds. The lowest BCUT2D eigenvalue weighted by Crippen LogP contribution is -2.31. The predicted molar refractivity (Wildman–Crippen MR) is 118 cm³/mol. The first-order chi connectivity index (χ1) is 13.8. The Labute approximate surface area is 175 Å². The molecule has 1 aliphatic rings. The van der Waals surface area contributed by atoms with Crippen molar-refractivity contribution in [3.63, 3.8) is 0 Å². The number of benzene rings is 2. The van der Waals surface area contributed by atoms with E-state index in [0.29, 0.717) is 27.7 Å². The van der Waals surface area contributed by atoms with Crippen LogP contribution in [0.1, 0.15) is 30.5 Å². The van der Waals surface area contributed by atoms with Crippen LogP contribution in [0.25, 0.3) is 5.57 Å². The SMILES string of the molecule is COc1ccc(N2C(=O)C(SC(C)C)=C(c3ccc(C)cc3C)C2=O)cc1OC. The Morgan fingerprint density at radius 3 is 2.17 bits per heavy atom. The number of thioether (sulfide) groups is 1. The molecule has 2 aromatic rings. The van der Waals surface area contributed by atoms with Crippen molar-refractivity contribution in [1.29, 1.82) is 0 Å². The maximum absolute atomic E-state index is 13.5. The summed E-state index contributed by atoms with van der Waals surface area (Å²) in [6, 6.07) is 10.9. The van der Waals surface area contributed by atoms with Gasteiger partial charge in [-0.25, -0.2) is 4.90 Å². The van der Waals surface area contributed by atoms with Gasteiger partial charge in [0.1, 0.15) is 0 Å². The average Bonchev–Trinajstić information content (AvgIpc) is 2.91. The van der Waals surface area contributed by atoms with Crippen molar-refractivity contribution in [2.75, 3.05) is 19.1 Å². The Morgan fingerprint density at radius 2 is 1.59 bits per heavy atom. The number of carbonyl (C=O) groups is 2. The number of anilines is 1. The van der Waals surface area contributed by atoms with E-state index in [1.165, 1.54) is 23.8 Å². The number of rotatable bonds is 6. The van der Waals surface area contributed by atoms with Crippen LogP contribution in [-0.2, 0) is 9.59 Å². The number of amides is 2. The highest BCUT2D eigenvalue weighted by atomic mass is 32.2. The van der Waals surface area contributed by atoms with Crippen LogP contribution < -0.4 is 14.4 Å². The summed E-state index contributed by atoms with van der Waals surface area (Å²) in [5, 5.41) is 0.160. The molecular weight excluding hydrogens is 386 g/mol. The molecule has 0 N–H and O–H groups in total. The number of methoxy groups -OCH3 is 2. The first kappa shape index (κ1) is 21.0. The number of nitrogens with zero attached hydrogens (tertiary/aromatic N) is 1. The fourth-order valence-electron chi connectivity index (χ4n) is 3.38. The Bertz CT molecular complexity index is 1010. The number of imide groups is 1. The molecule has 0 saturated heterocycles. The fraction of sp³-hybridized carbons (Fsp3) is 0.304. The van der Waals surface area contributed by atoms with Crippen LogP contribution in [0.2, 0.25) is 0 Å². The molecule has 6 heteroatoms. The molecule has 1 aliphatic heterocycles. The molecule has 0 aromatic heterocycles. The summed E-state index contributed by atoms with van der Waals surface area (Å²) >= 11 is 1.42. The maximum atomic E-state index is 13.5. The van der Waals surface area contributed by atoms with Gasteiger partial charge in [-0.3, -0.25) is 9.59 Å². The van der Waals surface area contributed by atoms with Crippen molar-refractivity contribution in [3.8, 4) is 11.5 Å². The smallest absolute Gasteiger partial charge is 0.272 e. The van der Waals surface area contributed by atoms with Crippen molar-refractivity contribution in [2.45, 2.75) is 32.9 Å². The molecule has 0 bridgehead atoms. The van der Waals surface area contributed by atoms with E-state index in [0.717, 1.165) is 16.7 Å². The zero-order chi connectivity index (χ0) is 21.3. The summed E-state index contributed by atoms with van der Waals surface area (Å²) in [6.07, 6.45) is 0. The third kappa shape index (κ3) is 3.90. The van der Waals surface area contributed by atoms with E-state index < -0.39 is 0 Å². The molecule has 152 valence electrons. The molecular formula is C23H25NO4S. The van der Waals surface area contributed by atoms with Gasteiger partial charge in [-0.2, -0.15) is 0 Å². The van der Waals surface area contributed by atoms with Crippen molar-refractivity contribution >= 4 is 34.8 Å². The maximum Gasteiger partial charge on any atom is 0.272 e. The Balaban J connectivity index is 2.13. The van der Waals surface area contributed by atoms with Crippen molar-refractivity contribution in [3.05, 3.63) is 58.0 Å². The summed E-state index contributed by atoms with van der Waals surface area (Å²) in [5.74, 6) is 0.367. The quantitative estimate of drug-likeness (QED) is 0.642. The summed E-state index contributed by atoms with van der Waals surface area (Å²) in [5.41, 5.74) is 3.79. The molecule has 0 fully saturated rings. The minimum Gasteiger partial charge on any atom is -0.493 e. The van der Waals surface area contributed by atoms with Crippen molar-refractivity contribution in [2.24, 2.45) is 0 Å². The first-order valence-electron chi connectivity index (χ1n) is 9.37. The van der Waals surface area contributed by atoms with Gasteiger partial charge in [-0.15, -0.1) is 11.8 Å². The van der Waals surface area contributed by atoms with E-state index in [9.17, 15) is 9.59 Å². The third-order valence-corrected chi connectivity index (χ3v) is 5.76. The van der Waals surface area contributed by atoms with Gasteiger partial charge in [0.2, 0.25) is 0 Å². The molecule has 5 nitrogen and oxygen atoms in total. The topological polar surface area (TPSA) is 55.8 Å². The van der Waals surface area contributed by atoms with Gasteiger partial charge in [0.15, 0.2) is 11.5 Å². The normalized spacial score (nSPS) is 14.2. The highest BCUT2D eigenvalue weighted by Crippen LogP contribution is 2.42. The molecule has 2 aromatic carbocycles. The molecule has 0 radical (unpaired) electrons. The lowest BCUT2D eigenvalue weighted by atomic mass is 9.99. The van der Waals surface area contributed by atoms with Crippen LogP contribution in [0.15, 0.2) is 41.3 Å². The molecule has 1 heterocycles. The standard InChI is InChI=1S/C23H25NO4S/c1-13(2)29-21-20(17-9-7-14(3)11-15(17)4)22(25)24(23(21)26)16-8-10-18(27-5)19(12-16)28-6/h7-13H,1-6H3. The molecule has 3 rings (SSSR count). The third-order valence-electron chi connectivity index (χ3n) is 4.67. The van der Waals surface area contributed by atoms with E-state index >= 15 is 0 Å². The number of carbonyl (C=O) groups excluding carboxylic acids is 2. The molecule has 0 spiro atoms. The predicted octanol–water partition coefficient (Wildman–Crippen LogP) is 4.75. The highest BCUT2D eigenvalue weighted by Gasteiger charge is 2.41. The number of ether oxygens (including phenoxy) is 2. The molecule has 29 heavy (non-hydrogen) atoms. The van der Waals surface area contributed by atoms with Crippen LogP contribution in [-0.4, -0.2) is 31.3 Å². The van der Waals surface area contributed by atoms with Crippen LogP contribution in [0.5, 0.6) is 11.5 Å². The zero-order valence-corrected chi connectivity index (χ0v) is 18.3. The van der Waals surface area contributed by atoms with E-state index in [-0.39, 0.29) is 17.1 Å². The summed E-state index contributed by atoms with van der Waals surface area (Å²) in [7, 11) is 3.07. The Morgan fingerprint density at radius 1 is 0.897 bits per heavy atom. The van der Waals surface area contributed by atoms with Gasteiger partial charge >= 0.3 is 0 Å². The zero-order valence-electron chi connectivity index (χ0n) is 17.5. The first-order valence-corrected chi connectivity index (χ1v) is 10.3. The second-order valence-electron chi connectivity index (χ2n) is 7.17. The molecule has 0 aliphatic carbocycles. The minimum absolute atomic E-state index is 0.160. The summed E-state index contributed by atoms with van der Waals surface area (Å²) in [6.45, 7) is 7.98. The number of hydrogen-bond donors (Lipinski definition) is 0. The molecule has 0 unspecified atom stereocenters. The Kier molecular flexibility index (Phi) is 6.03. The summed E-state index contributed by atoms with van der Waals surface area (Å²) in [4.78, 5) is 28.5. The van der Waals surface area contributed by atoms with E-state index in [2.05, 4.69) is 0 Å². The van der Waals surface area contributed by atoms with Gasteiger partial charge in [-0.1, -0.05) is 37.6 Å². The molecule has 0 atom stereocenters. The van der Waals surface area contributed by atoms with Crippen LogP contribution >= 0.6 is 11.8 Å². The second-order valence-corrected chi connectivity index (χ2v) is 8.76. The van der Waals surface area contributed by atoms with Gasteiger partial charge in [0.05, 0.1) is 30.4 Å². The van der Waals surface area contributed by atoms with Crippen molar-refractivity contribution < 1.29 is 19.1 Å². The second kappa shape index (κ2) is 8.33. The fourth-order valence-corrected chi connectivity index (χ4v) is 4.36. The lowest BCUT2D eigenvalue weighted by molar-refractivity contribution is -0.119. The molecule has 0 saturated carbocycles. The van der Waals surface area contributed by atoms with Gasteiger partial charge in [0, 0.05) is 11.3 Å². The average molecular weight is 412 g/mol. The van der Waals surface area contributed by atoms with E-state index in [1.54, 1.807) is 25.3 Å². The van der Waals surface area contributed by atoms with Crippen LogP contribution in [0.3, 0.4) is 0 Å². The van der Waals surface area contributed by atoms with Gasteiger partial charge < -0.3 is 9.47 Å². The van der Waals surface area contributed by atoms with Gasteiger partial charge in [0.25, 0.3) is 11.8 Å². The number of hydrogen-bond acceptors (Lipinski definition) is 5. The highest BCUT2D eigenvalue weighted by molar-refractivity contribution is 8.04. The summed E-state index contributed by atoms with van der Waals surface area (Å²) < 4.78 is 10.6. The van der Waals surface area contributed by atoms with Gasteiger partial charge in [-0.05, 0) is 37.1 Å². The monoisotopic (exact) mass is 411 g/mol. The van der Waals surface area contributed by atoms with Crippen molar-refractivity contribution in [1.82, 2.24) is 0 Å².